The fraction of sp³-hybridized carbons (Fsp3) is 0.556. The van der Waals surface area contributed by atoms with Crippen molar-refractivity contribution in [3.63, 3.8) is 0 Å². The molecule has 1 saturated carbocycles. The first-order valence-corrected chi connectivity index (χ1v) is 12.9. The van der Waals surface area contributed by atoms with Gasteiger partial charge in [-0.25, -0.2) is 0 Å². The summed E-state index contributed by atoms with van der Waals surface area (Å²) in [5.74, 6) is 2.15. The third-order valence-corrected chi connectivity index (χ3v) is 8.32. The van der Waals surface area contributed by atoms with Gasteiger partial charge in [0.15, 0.2) is 5.11 Å². The van der Waals surface area contributed by atoms with Gasteiger partial charge in [-0.15, -0.1) is 6.58 Å². The number of ether oxygens (including phenoxy) is 1. The summed E-state index contributed by atoms with van der Waals surface area (Å²) in [6, 6.07) is 9.29. The number of nitrogens with one attached hydrogen (secondary N) is 2. The van der Waals surface area contributed by atoms with Crippen LogP contribution in [-0.2, 0) is 0 Å². The molecule has 3 aliphatic heterocycles. The molecule has 5 atom stereocenters. The van der Waals surface area contributed by atoms with Gasteiger partial charge in [0.2, 0.25) is 0 Å². The summed E-state index contributed by atoms with van der Waals surface area (Å²) in [6.07, 6.45) is 12.9. The molecule has 4 fully saturated rings. The highest BCUT2D eigenvalue weighted by atomic mass is 32.1. The quantitative estimate of drug-likeness (QED) is 0.465. The lowest BCUT2D eigenvalue weighted by atomic mass is 9.73. The molecule has 1 aliphatic carbocycles. The fourth-order valence-corrected chi connectivity index (χ4v) is 6.56. The van der Waals surface area contributed by atoms with Gasteiger partial charge >= 0.3 is 0 Å². The predicted octanol–water partition coefficient (Wildman–Crippen LogP) is 4.98. The van der Waals surface area contributed by atoms with Crippen molar-refractivity contribution < 1.29 is 4.74 Å². The Morgan fingerprint density at radius 3 is 2.82 bits per heavy atom. The molecule has 6 heteroatoms. The number of thiocarbonyl (C=S) groups is 1. The van der Waals surface area contributed by atoms with Crippen LogP contribution < -0.4 is 15.4 Å². The van der Waals surface area contributed by atoms with Crippen LogP contribution in [0.1, 0.15) is 56.6 Å². The van der Waals surface area contributed by atoms with Gasteiger partial charge in [0.1, 0.15) is 5.75 Å². The lowest BCUT2D eigenvalue weighted by Gasteiger charge is -2.52. The van der Waals surface area contributed by atoms with Crippen molar-refractivity contribution in [2.24, 2.45) is 11.8 Å². The smallest absolute Gasteiger partial charge is 0.167 e. The van der Waals surface area contributed by atoms with Crippen LogP contribution in [0.2, 0.25) is 0 Å². The lowest BCUT2D eigenvalue weighted by molar-refractivity contribution is 0.00426. The van der Waals surface area contributed by atoms with Gasteiger partial charge in [0, 0.05) is 30.2 Å². The number of piperidine rings is 3. The number of rotatable bonds is 6. The van der Waals surface area contributed by atoms with E-state index < -0.39 is 0 Å². The van der Waals surface area contributed by atoms with E-state index in [9.17, 15) is 0 Å². The second-order valence-corrected chi connectivity index (χ2v) is 10.4. The molecule has 4 aliphatic rings. The Morgan fingerprint density at radius 1 is 1.24 bits per heavy atom. The van der Waals surface area contributed by atoms with Gasteiger partial charge in [0.05, 0.1) is 18.7 Å². The summed E-state index contributed by atoms with van der Waals surface area (Å²) < 4.78 is 5.55. The highest BCUT2D eigenvalue weighted by molar-refractivity contribution is 7.80. The zero-order valence-corrected chi connectivity index (χ0v) is 20.4. The number of nitrogens with zero attached hydrogens (tertiary/aromatic N) is 2. The second-order valence-electron chi connectivity index (χ2n) is 9.96. The van der Waals surface area contributed by atoms with Gasteiger partial charge in [-0.05, 0) is 86.1 Å². The van der Waals surface area contributed by atoms with E-state index in [2.05, 4.69) is 45.3 Å². The number of fused-ring (bicyclic) bond motifs is 4. The number of benzene rings is 1. The van der Waals surface area contributed by atoms with Gasteiger partial charge in [-0.3, -0.25) is 9.88 Å². The molecule has 4 heterocycles. The Kier molecular flexibility index (Phi) is 6.84. The Morgan fingerprint density at radius 2 is 2.09 bits per heavy atom. The molecular weight excluding hydrogens is 428 g/mol. The average Bonchev–Trinajstić information content (AvgIpc) is 2.87. The molecular formula is C27H36N4OS. The van der Waals surface area contributed by atoms with E-state index in [1.165, 1.54) is 44.1 Å². The minimum Gasteiger partial charge on any atom is -0.497 e. The number of pyridine rings is 1. The largest absolute Gasteiger partial charge is 0.497 e. The van der Waals surface area contributed by atoms with Crippen molar-refractivity contribution in [3.05, 3.63) is 48.7 Å². The van der Waals surface area contributed by atoms with Crippen LogP contribution in [0.4, 0.5) is 0 Å². The third kappa shape index (κ3) is 4.73. The molecule has 0 amide bonds. The van der Waals surface area contributed by atoms with Crippen LogP contribution in [0.25, 0.3) is 10.9 Å². The van der Waals surface area contributed by atoms with Crippen molar-refractivity contribution in [2.75, 3.05) is 20.2 Å². The Labute approximate surface area is 203 Å². The van der Waals surface area contributed by atoms with E-state index in [0.29, 0.717) is 23.9 Å². The molecule has 2 unspecified atom stereocenters. The van der Waals surface area contributed by atoms with E-state index in [-0.39, 0.29) is 6.04 Å². The molecule has 176 valence electrons. The zero-order chi connectivity index (χ0) is 22.8. The fourth-order valence-electron chi connectivity index (χ4n) is 6.27. The Bertz CT molecular complexity index is 1000. The Hall–Kier alpha value is -2.18. The van der Waals surface area contributed by atoms with E-state index in [1.54, 1.807) is 7.11 Å². The molecule has 5 nitrogen and oxygen atoms in total. The van der Waals surface area contributed by atoms with Crippen LogP contribution in [-0.4, -0.2) is 47.3 Å². The average molecular weight is 465 g/mol. The highest BCUT2D eigenvalue weighted by Gasteiger charge is 2.43. The van der Waals surface area contributed by atoms with Crippen LogP contribution >= 0.6 is 12.2 Å². The van der Waals surface area contributed by atoms with Crippen molar-refractivity contribution in [1.82, 2.24) is 20.5 Å². The van der Waals surface area contributed by atoms with Crippen LogP contribution in [0.3, 0.4) is 0 Å². The molecule has 3 saturated heterocycles. The molecule has 2 aromatic rings. The molecule has 0 radical (unpaired) electrons. The molecule has 0 spiro atoms. The summed E-state index contributed by atoms with van der Waals surface area (Å²) in [5, 5.41) is 9.34. The monoisotopic (exact) mass is 464 g/mol. The van der Waals surface area contributed by atoms with Gasteiger partial charge in [-0.1, -0.05) is 25.3 Å². The Balaban J connectivity index is 1.47. The summed E-state index contributed by atoms with van der Waals surface area (Å²) >= 11 is 5.89. The summed E-state index contributed by atoms with van der Waals surface area (Å²) in [4.78, 5) is 7.28. The van der Waals surface area contributed by atoms with E-state index in [1.807, 2.05) is 18.3 Å². The van der Waals surface area contributed by atoms with Crippen LogP contribution in [0, 0.1) is 11.8 Å². The van der Waals surface area contributed by atoms with Crippen LogP contribution in [0.5, 0.6) is 5.75 Å². The molecule has 2 bridgehead atoms. The molecule has 1 aromatic carbocycles. The van der Waals surface area contributed by atoms with Crippen LogP contribution in [0.15, 0.2) is 43.1 Å². The van der Waals surface area contributed by atoms with Crippen molar-refractivity contribution in [3.8, 4) is 5.75 Å². The summed E-state index contributed by atoms with van der Waals surface area (Å²) in [7, 11) is 1.72. The minimum absolute atomic E-state index is 0.0970. The van der Waals surface area contributed by atoms with E-state index in [0.717, 1.165) is 41.3 Å². The van der Waals surface area contributed by atoms with Crippen molar-refractivity contribution in [2.45, 2.75) is 63.1 Å². The maximum atomic E-state index is 5.89. The standard InChI is InChI=1S/C27H36N4OS/c1-3-18-17-31-14-12-19(18)15-25(31)26(30-27(33)29-20-7-5-4-6-8-20)22-11-13-28-24-10-9-21(32-2)16-23(22)24/h3,9-11,13,16,18-20,25-26H,1,4-8,12,14-15,17H2,2H3,(H2,29,30,33)/t18-,19+,25+,26?/m1/s1. The minimum atomic E-state index is 0.0970. The van der Waals surface area contributed by atoms with Gasteiger partial charge in [-0.2, -0.15) is 0 Å². The zero-order valence-electron chi connectivity index (χ0n) is 19.6. The third-order valence-electron chi connectivity index (χ3n) is 8.08. The predicted molar refractivity (Wildman–Crippen MR) is 139 cm³/mol. The second kappa shape index (κ2) is 9.98. The van der Waals surface area contributed by atoms with E-state index >= 15 is 0 Å². The number of hydrogen-bond acceptors (Lipinski definition) is 4. The van der Waals surface area contributed by atoms with Crippen molar-refractivity contribution in [1.29, 1.82) is 0 Å². The number of aromatic nitrogens is 1. The molecule has 1 aromatic heterocycles. The van der Waals surface area contributed by atoms with E-state index in [4.69, 9.17) is 17.0 Å². The lowest BCUT2D eigenvalue weighted by Crippen LogP contribution is -2.58. The first-order valence-electron chi connectivity index (χ1n) is 12.5. The topological polar surface area (TPSA) is 49.4 Å². The normalized spacial score (nSPS) is 28.3. The van der Waals surface area contributed by atoms with Gasteiger partial charge in [0.25, 0.3) is 0 Å². The molecule has 2 N–H and O–H groups in total. The number of hydrogen-bond donors (Lipinski definition) is 2. The SMILES string of the molecule is C=C[C@@H]1CN2CC[C@H]1C[C@H]2C(NC(=S)NC1CCCCC1)c1ccnc2ccc(OC)cc12. The van der Waals surface area contributed by atoms with Crippen molar-refractivity contribution >= 4 is 28.2 Å². The first-order chi connectivity index (χ1) is 16.2. The summed E-state index contributed by atoms with van der Waals surface area (Å²) in [5.41, 5.74) is 2.24. The molecule has 6 rings (SSSR count). The number of methoxy groups -OCH3 is 1. The van der Waals surface area contributed by atoms with Gasteiger partial charge < -0.3 is 15.4 Å². The summed E-state index contributed by atoms with van der Waals surface area (Å²) in [6.45, 7) is 6.34. The highest BCUT2D eigenvalue weighted by Crippen LogP contribution is 2.42. The maximum Gasteiger partial charge on any atom is 0.167 e. The molecule has 33 heavy (non-hydrogen) atoms. The maximum absolute atomic E-state index is 5.89. The first kappa shape index (κ1) is 22.6.